The van der Waals surface area contributed by atoms with E-state index in [4.69, 9.17) is 20.1 Å². The second-order valence-electron chi connectivity index (χ2n) is 10.7. The highest BCUT2D eigenvalue weighted by Gasteiger charge is 2.38. The van der Waals surface area contributed by atoms with Gasteiger partial charge < -0.3 is 40.9 Å². The van der Waals surface area contributed by atoms with Crippen LogP contribution in [0.2, 0.25) is 0 Å². The van der Waals surface area contributed by atoms with Gasteiger partial charge in [0, 0.05) is 37.2 Å². The molecule has 3 aromatic rings. The summed E-state index contributed by atoms with van der Waals surface area (Å²) in [6.45, 7) is 4.77. The molecule has 16 nitrogen and oxygen atoms in total. The summed E-state index contributed by atoms with van der Waals surface area (Å²) in [5.74, 6) is -7.71. The zero-order valence-electron chi connectivity index (χ0n) is 26.6. The Hall–Kier alpha value is -6.01. The number of alkyl halides is 3. The molecule has 1 aromatic heterocycles. The lowest BCUT2D eigenvalue weighted by molar-refractivity contribution is -0.192. The molecule has 3 rings (SSSR count). The fourth-order valence-corrected chi connectivity index (χ4v) is 4.40. The van der Waals surface area contributed by atoms with Crippen molar-refractivity contribution >= 4 is 52.3 Å². The van der Waals surface area contributed by atoms with Crippen molar-refractivity contribution in [1.29, 1.82) is 0 Å². The topological polar surface area (TPSA) is 256 Å². The number of fused-ring (bicyclic) bond motifs is 1. The number of rotatable bonds is 15. The third-order valence-corrected chi connectivity index (χ3v) is 6.92. The Labute approximate surface area is 280 Å². The highest BCUT2D eigenvalue weighted by molar-refractivity contribution is 5.97. The van der Waals surface area contributed by atoms with Gasteiger partial charge in [-0.15, -0.1) is 0 Å². The zero-order chi connectivity index (χ0) is 37.8. The second kappa shape index (κ2) is 17.9. The first kappa shape index (κ1) is 40.2. The molecule has 2 atom stereocenters. The number of halogens is 3. The summed E-state index contributed by atoms with van der Waals surface area (Å²) >= 11 is 0. The number of carboxylic acids is 4. The second-order valence-corrected chi connectivity index (χ2v) is 10.7. The third-order valence-electron chi connectivity index (χ3n) is 6.92. The number of nitrogens with zero attached hydrogens (tertiary/aromatic N) is 2. The maximum Gasteiger partial charge on any atom is 0.490 e. The van der Waals surface area contributed by atoms with Crippen LogP contribution in [0.25, 0.3) is 10.9 Å². The molecule has 19 heteroatoms. The van der Waals surface area contributed by atoms with Crippen LogP contribution in [-0.4, -0.2) is 90.9 Å². The number of anilines is 1. The van der Waals surface area contributed by atoms with Crippen LogP contribution in [-0.2, 0) is 30.5 Å². The minimum atomic E-state index is -5.08. The molecule has 0 fully saturated rings. The van der Waals surface area contributed by atoms with Gasteiger partial charge in [0.2, 0.25) is 5.91 Å². The molecule has 0 radical (unpaired) electrons. The van der Waals surface area contributed by atoms with Gasteiger partial charge in [-0.3, -0.25) is 19.2 Å². The van der Waals surface area contributed by atoms with E-state index >= 15 is 0 Å². The van der Waals surface area contributed by atoms with Crippen molar-refractivity contribution in [1.82, 2.24) is 20.6 Å². The van der Waals surface area contributed by atoms with E-state index < -0.39 is 66.8 Å². The molecule has 1 heterocycles. The third kappa shape index (κ3) is 12.5. The van der Waals surface area contributed by atoms with Crippen LogP contribution in [0.4, 0.5) is 18.9 Å². The molecule has 0 bridgehead atoms. The Kier molecular flexibility index (Phi) is 14.4. The van der Waals surface area contributed by atoms with Crippen molar-refractivity contribution < 1.29 is 62.4 Å². The fourth-order valence-electron chi connectivity index (χ4n) is 4.40. The van der Waals surface area contributed by atoms with Crippen LogP contribution in [0.3, 0.4) is 0 Å². The van der Waals surface area contributed by atoms with Crippen LogP contribution in [0.1, 0.15) is 54.4 Å². The van der Waals surface area contributed by atoms with Gasteiger partial charge in [-0.1, -0.05) is 6.07 Å². The number of H-pyrrole nitrogens is 1. The number of amides is 2. The molecular formula is C31H34F3N5O11. The molecule has 50 heavy (non-hydrogen) atoms. The predicted octanol–water partition coefficient (Wildman–Crippen LogP) is 2.29. The van der Waals surface area contributed by atoms with Crippen LogP contribution < -0.4 is 21.1 Å². The number of carbonyl (C=O) groups excluding carboxylic acids is 2. The lowest BCUT2D eigenvalue weighted by Gasteiger charge is -2.24. The summed E-state index contributed by atoms with van der Waals surface area (Å²) in [7, 11) is 0. The van der Waals surface area contributed by atoms with E-state index in [1.165, 1.54) is 12.1 Å². The largest absolute Gasteiger partial charge is 0.490 e. The lowest BCUT2D eigenvalue weighted by Crippen LogP contribution is -2.44. The first-order valence-electron chi connectivity index (χ1n) is 14.7. The van der Waals surface area contributed by atoms with E-state index in [0.29, 0.717) is 29.8 Å². The average molecular weight is 710 g/mol. The number of carbonyl (C=O) groups is 6. The summed E-state index contributed by atoms with van der Waals surface area (Å²) in [4.78, 5) is 89.0. The first-order valence-corrected chi connectivity index (χ1v) is 14.7. The number of nitrogens with one attached hydrogen (secondary N) is 3. The number of aryl methyl sites for hydroxylation is 1. The molecule has 0 saturated carbocycles. The van der Waals surface area contributed by atoms with Crippen LogP contribution in [0.5, 0.6) is 0 Å². The van der Waals surface area contributed by atoms with E-state index in [1.807, 2.05) is 17.9 Å². The molecule has 2 amide bonds. The van der Waals surface area contributed by atoms with Crippen molar-refractivity contribution in [3.63, 3.8) is 0 Å². The van der Waals surface area contributed by atoms with Crippen LogP contribution >= 0.6 is 0 Å². The Bertz CT molecular complexity index is 1780. The van der Waals surface area contributed by atoms with Gasteiger partial charge in [-0.2, -0.15) is 13.2 Å². The van der Waals surface area contributed by atoms with Gasteiger partial charge in [0.15, 0.2) is 0 Å². The lowest BCUT2D eigenvalue weighted by atomic mass is 10.1. The summed E-state index contributed by atoms with van der Waals surface area (Å²) in [6, 6.07) is 9.11. The minimum absolute atomic E-state index is 0.189. The Morgan fingerprint density at radius 2 is 1.44 bits per heavy atom. The minimum Gasteiger partial charge on any atom is -0.481 e. The molecular weight excluding hydrogens is 675 g/mol. The van der Waals surface area contributed by atoms with Gasteiger partial charge in [0.25, 0.3) is 11.5 Å². The number of carboxylic acid groups (broad SMARTS) is 4. The maximum absolute atomic E-state index is 12.8. The SMILES string of the molecule is CCN(Cc1ccc2nc(C)[nH]c(=O)c2c1)c1ccc(C(=O)N[C@@H](CCC(=O)N[C@H](CCC(=O)O)C(=O)O)C(=O)O)cc1.O=C(O)C(F)(F)F. The van der Waals surface area contributed by atoms with Gasteiger partial charge >= 0.3 is 30.1 Å². The van der Waals surface area contributed by atoms with Gasteiger partial charge in [-0.05, 0) is 68.7 Å². The molecule has 0 spiro atoms. The van der Waals surface area contributed by atoms with Crippen LogP contribution in [0, 0.1) is 6.92 Å². The monoisotopic (exact) mass is 709 g/mol. The molecule has 7 N–H and O–H groups in total. The molecule has 0 aliphatic carbocycles. The number of hydrogen-bond donors (Lipinski definition) is 7. The summed E-state index contributed by atoms with van der Waals surface area (Å²) < 4.78 is 31.7. The van der Waals surface area contributed by atoms with Gasteiger partial charge in [-0.25, -0.2) is 19.4 Å². The quantitative estimate of drug-likeness (QED) is 0.120. The zero-order valence-corrected chi connectivity index (χ0v) is 26.6. The molecule has 2 aromatic carbocycles. The van der Waals surface area contributed by atoms with E-state index in [1.54, 1.807) is 31.2 Å². The molecule has 270 valence electrons. The normalized spacial score (nSPS) is 12.1. The number of benzene rings is 2. The highest BCUT2D eigenvalue weighted by Crippen LogP contribution is 2.20. The molecule has 0 aliphatic rings. The van der Waals surface area contributed by atoms with Crippen molar-refractivity contribution in [2.75, 3.05) is 11.4 Å². The van der Waals surface area contributed by atoms with Crippen molar-refractivity contribution in [2.45, 2.75) is 64.3 Å². The smallest absolute Gasteiger partial charge is 0.481 e. The first-order chi connectivity index (χ1) is 23.3. The highest BCUT2D eigenvalue weighted by atomic mass is 19.4. The van der Waals surface area contributed by atoms with Gasteiger partial charge in [0.05, 0.1) is 10.9 Å². The van der Waals surface area contributed by atoms with E-state index in [9.17, 15) is 47.0 Å². The number of aromatic nitrogens is 2. The van der Waals surface area contributed by atoms with E-state index in [-0.39, 0.29) is 24.0 Å². The summed E-state index contributed by atoms with van der Waals surface area (Å²) in [6.07, 6.45) is -6.61. The standard InChI is InChI=1S/C29H33N5O9.C2HF3O2/c1-3-34(15-17-4-9-21-20(14-17)27(39)31-16(2)30-21)19-7-5-18(6-8-19)26(38)33-23(29(42)43)10-12-24(35)32-22(28(40)41)11-13-25(36)37;3-2(4,5)1(6)7/h4-9,14,22-23H,3,10-13,15H2,1-2H3,(H,32,35)(H,33,38)(H,36,37)(H,40,41)(H,42,43)(H,30,31,39);(H,6,7)/t22-,23+;/m1./s1. The summed E-state index contributed by atoms with van der Waals surface area (Å²) in [5.41, 5.74) is 2.25. The Morgan fingerprint density at radius 1 is 0.880 bits per heavy atom. The number of aromatic amines is 1. The number of aliphatic carboxylic acids is 4. The average Bonchev–Trinajstić information content (AvgIpc) is 3.03. The maximum atomic E-state index is 12.8. The van der Waals surface area contributed by atoms with Crippen molar-refractivity contribution in [3.05, 3.63) is 69.8 Å². The summed E-state index contributed by atoms with van der Waals surface area (Å²) in [5, 5.41) is 39.6. The van der Waals surface area contributed by atoms with Gasteiger partial charge in [0.1, 0.15) is 17.9 Å². The molecule has 0 aliphatic heterocycles. The molecule has 0 saturated heterocycles. The van der Waals surface area contributed by atoms with E-state index in [0.717, 1.165) is 11.3 Å². The predicted molar refractivity (Wildman–Crippen MR) is 169 cm³/mol. The van der Waals surface area contributed by atoms with Crippen molar-refractivity contribution in [3.8, 4) is 0 Å². The Morgan fingerprint density at radius 3 is 1.96 bits per heavy atom. The van der Waals surface area contributed by atoms with Crippen molar-refractivity contribution in [2.24, 2.45) is 0 Å². The number of hydrogen-bond acceptors (Lipinski definition) is 9. The molecule has 0 unspecified atom stereocenters. The van der Waals surface area contributed by atoms with Crippen LogP contribution in [0.15, 0.2) is 47.3 Å². The van der Waals surface area contributed by atoms with E-state index in [2.05, 4.69) is 20.6 Å². The Balaban J connectivity index is 0.00000112. The fraction of sp³-hybridized carbons (Fsp3) is 0.355.